The predicted octanol–water partition coefficient (Wildman–Crippen LogP) is 4.90. The van der Waals surface area contributed by atoms with Gasteiger partial charge in [0.15, 0.2) is 6.29 Å². The van der Waals surface area contributed by atoms with Crippen LogP contribution >= 0.6 is 0 Å². The van der Waals surface area contributed by atoms with E-state index in [9.17, 15) is 0 Å². The molecule has 5 unspecified atom stereocenters. The predicted molar refractivity (Wildman–Crippen MR) is 105 cm³/mol. The van der Waals surface area contributed by atoms with E-state index < -0.39 is 0 Å². The van der Waals surface area contributed by atoms with Crippen LogP contribution in [0.25, 0.3) is 0 Å². The summed E-state index contributed by atoms with van der Waals surface area (Å²) in [6, 6.07) is 0. The number of hydrogen-bond donors (Lipinski definition) is 0. The lowest BCUT2D eigenvalue weighted by Crippen LogP contribution is -2.56. The van der Waals surface area contributed by atoms with Gasteiger partial charge in [-0.25, -0.2) is 0 Å². The van der Waals surface area contributed by atoms with Crippen molar-refractivity contribution in [2.75, 3.05) is 7.11 Å². The van der Waals surface area contributed by atoms with Crippen molar-refractivity contribution in [1.29, 1.82) is 0 Å². The SMILES string of the molecule is CCC1O[C@@H](O[C@@H]2C(CC)O[C@@H](C(C)C)C(C)[C@H]2C)C(C)[C@@H](C)C1OC. The van der Waals surface area contributed by atoms with Crippen LogP contribution in [0.4, 0.5) is 0 Å². The van der Waals surface area contributed by atoms with E-state index >= 15 is 0 Å². The van der Waals surface area contributed by atoms with E-state index in [0.717, 1.165) is 12.8 Å². The molecule has 0 amide bonds. The molecule has 0 radical (unpaired) electrons. The summed E-state index contributed by atoms with van der Waals surface area (Å²) in [5.41, 5.74) is 0. The third kappa shape index (κ3) is 4.29. The van der Waals surface area contributed by atoms with Crippen molar-refractivity contribution in [2.24, 2.45) is 29.6 Å². The van der Waals surface area contributed by atoms with E-state index in [-0.39, 0.29) is 30.7 Å². The molecule has 4 heteroatoms. The zero-order valence-corrected chi connectivity index (χ0v) is 18.4. The first-order chi connectivity index (χ1) is 12.3. The van der Waals surface area contributed by atoms with Crippen LogP contribution in [0.5, 0.6) is 0 Å². The maximum Gasteiger partial charge on any atom is 0.161 e. The van der Waals surface area contributed by atoms with Crippen molar-refractivity contribution in [3.05, 3.63) is 0 Å². The van der Waals surface area contributed by atoms with Gasteiger partial charge in [-0.1, -0.05) is 55.4 Å². The van der Waals surface area contributed by atoms with Crippen molar-refractivity contribution >= 4 is 0 Å². The standard InChI is InChI=1S/C22H42O4/c1-10-17-20(23-9)15(7)16(8)22(25-17)26-21-14(6)13(5)19(12(3)4)24-18(21)11-2/h12-22H,10-11H2,1-9H3/t13?,14-,15-,16?,17?,18?,19+,20?,21+,22+/m1/s1. The molecular weight excluding hydrogens is 328 g/mol. The van der Waals surface area contributed by atoms with Crippen LogP contribution in [-0.2, 0) is 18.9 Å². The average molecular weight is 371 g/mol. The second-order valence-corrected chi connectivity index (χ2v) is 8.98. The van der Waals surface area contributed by atoms with E-state index in [0.29, 0.717) is 35.7 Å². The van der Waals surface area contributed by atoms with Crippen LogP contribution in [0.15, 0.2) is 0 Å². The zero-order valence-electron chi connectivity index (χ0n) is 18.4. The van der Waals surface area contributed by atoms with Crippen molar-refractivity contribution < 1.29 is 18.9 Å². The molecule has 2 heterocycles. The molecule has 0 bridgehead atoms. The molecule has 2 fully saturated rings. The maximum absolute atomic E-state index is 6.65. The van der Waals surface area contributed by atoms with Crippen molar-refractivity contribution in [3.63, 3.8) is 0 Å². The molecular formula is C22H42O4. The molecule has 0 saturated carbocycles. The number of rotatable bonds is 6. The molecule has 2 rings (SSSR count). The molecule has 0 N–H and O–H groups in total. The highest BCUT2D eigenvalue weighted by molar-refractivity contribution is 4.92. The molecule has 0 aliphatic carbocycles. The van der Waals surface area contributed by atoms with E-state index in [1.165, 1.54) is 0 Å². The first-order valence-electron chi connectivity index (χ1n) is 10.8. The van der Waals surface area contributed by atoms with Gasteiger partial charge in [-0.3, -0.25) is 0 Å². The number of hydrogen-bond acceptors (Lipinski definition) is 4. The van der Waals surface area contributed by atoms with Gasteiger partial charge >= 0.3 is 0 Å². The first kappa shape index (κ1) is 22.1. The van der Waals surface area contributed by atoms with Crippen LogP contribution in [0, 0.1) is 29.6 Å². The Morgan fingerprint density at radius 1 is 0.769 bits per heavy atom. The van der Waals surface area contributed by atoms with Crippen LogP contribution in [0.3, 0.4) is 0 Å². The largest absolute Gasteiger partial charge is 0.378 e. The quantitative estimate of drug-likeness (QED) is 0.666. The summed E-state index contributed by atoms with van der Waals surface area (Å²) in [4.78, 5) is 0. The molecule has 0 aromatic rings. The molecule has 2 aliphatic heterocycles. The third-order valence-electron chi connectivity index (χ3n) is 7.04. The van der Waals surface area contributed by atoms with Gasteiger partial charge in [0.25, 0.3) is 0 Å². The highest BCUT2D eigenvalue weighted by Crippen LogP contribution is 2.40. The molecule has 0 spiro atoms. The van der Waals surface area contributed by atoms with Crippen LogP contribution < -0.4 is 0 Å². The van der Waals surface area contributed by atoms with Gasteiger partial charge in [-0.2, -0.15) is 0 Å². The Bertz CT molecular complexity index is 422. The lowest BCUT2D eigenvalue weighted by molar-refractivity contribution is -0.311. The Hall–Kier alpha value is -0.160. The fourth-order valence-corrected chi connectivity index (χ4v) is 4.91. The van der Waals surface area contributed by atoms with Crippen molar-refractivity contribution in [3.8, 4) is 0 Å². The highest BCUT2D eigenvalue weighted by Gasteiger charge is 2.47. The lowest BCUT2D eigenvalue weighted by atomic mass is 9.77. The normalized spacial score (nSPS) is 47.3. The summed E-state index contributed by atoms with van der Waals surface area (Å²) in [6.07, 6.45) is 2.49. The van der Waals surface area contributed by atoms with E-state index in [4.69, 9.17) is 18.9 Å². The van der Waals surface area contributed by atoms with Crippen LogP contribution in [-0.4, -0.2) is 43.9 Å². The topological polar surface area (TPSA) is 36.9 Å². The van der Waals surface area contributed by atoms with Gasteiger partial charge in [0.05, 0.1) is 30.5 Å². The summed E-state index contributed by atoms with van der Waals surface area (Å²) in [6.45, 7) is 18.0. The molecule has 4 nitrogen and oxygen atoms in total. The van der Waals surface area contributed by atoms with Crippen molar-refractivity contribution in [2.45, 2.75) is 105 Å². The van der Waals surface area contributed by atoms with Gasteiger partial charge in [0.1, 0.15) is 0 Å². The monoisotopic (exact) mass is 370 g/mol. The Labute approximate surface area is 161 Å². The first-order valence-corrected chi connectivity index (χ1v) is 10.8. The molecule has 2 saturated heterocycles. The Morgan fingerprint density at radius 2 is 1.31 bits per heavy atom. The highest BCUT2D eigenvalue weighted by atomic mass is 16.7. The molecule has 0 aromatic heterocycles. The summed E-state index contributed by atoms with van der Waals surface area (Å²) >= 11 is 0. The van der Waals surface area contributed by atoms with Gasteiger partial charge in [-0.05, 0) is 36.5 Å². The van der Waals surface area contributed by atoms with E-state index in [1.807, 2.05) is 0 Å². The second-order valence-electron chi connectivity index (χ2n) is 8.98. The maximum atomic E-state index is 6.65. The van der Waals surface area contributed by atoms with Crippen LogP contribution in [0.2, 0.25) is 0 Å². The summed E-state index contributed by atoms with van der Waals surface area (Å²) in [5.74, 6) is 2.16. The number of methoxy groups -OCH3 is 1. The molecule has 2 aliphatic rings. The van der Waals surface area contributed by atoms with Gasteiger partial charge in [-0.15, -0.1) is 0 Å². The van der Waals surface area contributed by atoms with Gasteiger partial charge in [0, 0.05) is 13.0 Å². The van der Waals surface area contributed by atoms with Gasteiger partial charge < -0.3 is 18.9 Å². The Morgan fingerprint density at radius 3 is 1.81 bits per heavy atom. The minimum absolute atomic E-state index is 0.0845. The molecule has 26 heavy (non-hydrogen) atoms. The fourth-order valence-electron chi connectivity index (χ4n) is 4.91. The minimum Gasteiger partial charge on any atom is -0.378 e. The Balaban J connectivity index is 2.14. The van der Waals surface area contributed by atoms with Crippen molar-refractivity contribution in [1.82, 2.24) is 0 Å². The molecule has 0 aromatic carbocycles. The van der Waals surface area contributed by atoms with Gasteiger partial charge in [0.2, 0.25) is 0 Å². The van der Waals surface area contributed by atoms with E-state index in [1.54, 1.807) is 7.11 Å². The smallest absolute Gasteiger partial charge is 0.161 e. The lowest BCUT2D eigenvalue weighted by Gasteiger charge is -2.50. The molecule has 10 atom stereocenters. The fraction of sp³-hybridized carbons (Fsp3) is 1.00. The third-order valence-corrected chi connectivity index (χ3v) is 7.04. The minimum atomic E-state index is -0.186. The Kier molecular flexibility index (Phi) is 7.97. The molecule has 154 valence electrons. The van der Waals surface area contributed by atoms with Crippen LogP contribution in [0.1, 0.15) is 68.2 Å². The summed E-state index contributed by atoms with van der Waals surface area (Å²) in [5, 5.41) is 0. The summed E-state index contributed by atoms with van der Waals surface area (Å²) < 4.78 is 25.2. The summed E-state index contributed by atoms with van der Waals surface area (Å²) in [7, 11) is 1.79. The zero-order chi connectivity index (χ0) is 19.6. The average Bonchev–Trinajstić information content (AvgIpc) is 2.62. The second kappa shape index (κ2) is 9.36. The van der Waals surface area contributed by atoms with E-state index in [2.05, 4.69) is 55.4 Å². The number of ether oxygens (including phenoxy) is 4.